The first-order chi connectivity index (χ1) is 13.4. The van der Waals surface area contributed by atoms with E-state index < -0.39 is 22.0 Å². The normalized spacial score (nSPS) is 12.5. The third kappa shape index (κ3) is 7.09. The Balaban J connectivity index is 2.03. The molecule has 2 aromatic carbocycles. The van der Waals surface area contributed by atoms with Crippen molar-refractivity contribution < 1.29 is 17.9 Å². The van der Waals surface area contributed by atoms with Gasteiger partial charge in [-0.15, -0.1) is 0 Å². The van der Waals surface area contributed by atoms with Gasteiger partial charge in [-0.1, -0.05) is 68.5 Å². The summed E-state index contributed by atoms with van der Waals surface area (Å²) in [5, 5.41) is 0. The Morgan fingerprint density at radius 2 is 1.68 bits per heavy atom. The minimum atomic E-state index is -3.67. The standard InChI is InChI=1S/C22H29NO4S/c1-3-4-5-9-12-20(17-27-22(24)19-10-7-6-8-11-19)23-28(25,26)21-15-13-18(2)14-16-21/h6-8,10-11,13-16,20,23H,3-5,9,12,17H2,1-2H3. The SMILES string of the molecule is CCCCCCC(COC(=O)c1ccccc1)NS(=O)(=O)c1ccc(C)cc1. The van der Waals surface area contributed by atoms with Gasteiger partial charge in [-0.3, -0.25) is 0 Å². The summed E-state index contributed by atoms with van der Waals surface area (Å²) in [7, 11) is -3.67. The van der Waals surface area contributed by atoms with Gasteiger partial charge in [0.1, 0.15) is 6.61 Å². The molecule has 5 nitrogen and oxygen atoms in total. The summed E-state index contributed by atoms with van der Waals surface area (Å²) in [6.45, 7) is 4.04. The molecular formula is C22H29NO4S. The van der Waals surface area contributed by atoms with Crippen molar-refractivity contribution in [1.82, 2.24) is 4.72 Å². The Hall–Kier alpha value is -2.18. The lowest BCUT2D eigenvalue weighted by Gasteiger charge is -2.19. The zero-order valence-electron chi connectivity index (χ0n) is 16.6. The van der Waals surface area contributed by atoms with Crippen LogP contribution < -0.4 is 4.72 Å². The van der Waals surface area contributed by atoms with Crippen LogP contribution in [0.25, 0.3) is 0 Å². The average molecular weight is 404 g/mol. The van der Waals surface area contributed by atoms with Gasteiger partial charge < -0.3 is 4.74 Å². The summed E-state index contributed by atoms with van der Waals surface area (Å²) < 4.78 is 33.5. The van der Waals surface area contributed by atoms with Crippen LogP contribution in [0, 0.1) is 6.92 Å². The van der Waals surface area contributed by atoms with Crippen LogP contribution in [0.5, 0.6) is 0 Å². The number of esters is 1. The Kier molecular flexibility index (Phi) is 8.67. The van der Waals surface area contributed by atoms with Crippen LogP contribution in [-0.2, 0) is 14.8 Å². The Morgan fingerprint density at radius 1 is 1.00 bits per heavy atom. The molecule has 2 rings (SSSR count). The molecule has 0 spiro atoms. The van der Waals surface area contributed by atoms with Gasteiger partial charge >= 0.3 is 5.97 Å². The number of rotatable bonds is 11. The van der Waals surface area contributed by atoms with E-state index in [1.54, 1.807) is 48.5 Å². The molecule has 0 heterocycles. The number of nitrogens with one attached hydrogen (secondary N) is 1. The quantitative estimate of drug-likeness (QED) is 0.444. The summed E-state index contributed by atoms with van der Waals surface area (Å²) in [5.74, 6) is -0.450. The number of aryl methyl sites for hydroxylation is 1. The lowest BCUT2D eigenvalue weighted by Crippen LogP contribution is -2.38. The predicted molar refractivity (Wildman–Crippen MR) is 111 cm³/mol. The molecule has 6 heteroatoms. The van der Waals surface area contributed by atoms with E-state index in [4.69, 9.17) is 4.74 Å². The van der Waals surface area contributed by atoms with E-state index in [2.05, 4.69) is 11.6 Å². The molecule has 0 radical (unpaired) electrons. The highest BCUT2D eigenvalue weighted by Gasteiger charge is 2.21. The van der Waals surface area contributed by atoms with Gasteiger partial charge in [0, 0.05) is 0 Å². The molecule has 0 aromatic heterocycles. The number of carbonyl (C=O) groups is 1. The smallest absolute Gasteiger partial charge is 0.338 e. The molecule has 1 N–H and O–H groups in total. The summed E-state index contributed by atoms with van der Waals surface area (Å²) >= 11 is 0. The van der Waals surface area contributed by atoms with Crippen molar-refractivity contribution in [2.45, 2.75) is 56.9 Å². The van der Waals surface area contributed by atoms with Crippen molar-refractivity contribution in [3.63, 3.8) is 0 Å². The summed E-state index contributed by atoms with van der Waals surface area (Å²) in [4.78, 5) is 12.4. The van der Waals surface area contributed by atoms with Crippen molar-refractivity contribution in [2.24, 2.45) is 0 Å². The van der Waals surface area contributed by atoms with Gasteiger partial charge in [0.05, 0.1) is 16.5 Å². The third-order valence-electron chi connectivity index (χ3n) is 4.48. The van der Waals surface area contributed by atoms with Gasteiger partial charge in [-0.2, -0.15) is 0 Å². The highest BCUT2D eigenvalue weighted by atomic mass is 32.2. The van der Waals surface area contributed by atoms with Gasteiger partial charge in [-0.05, 0) is 37.6 Å². The topological polar surface area (TPSA) is 72.5 Å². The number of hydrogen-bond acceptors (Lipinski definition) is 4. The number of ether oxygens (including phenoxy) is 1. The predicted octanol–water partition coefficient (Wildman–Crippen LogP) is 4.47. The molecule has 28 heavy (non-hydrogen) atoms. The molecule has 0 bridgehead atoms. The number of unbranched alkanes of at least 4 members (excludes halogenated alkanes) is 3. The fourth-order valence-corrected chi connectivity index (χ4v) is 4.09. The van der Waals surface area contributed by atoms with E-state index in [0.29, 0.717) is 12.0 Å². The third-order valence-corrected chi connectivity index (χ3v) is 6.02. The maximum atomic E-state index is 12.7. The Morgan fingerprint density at radius 3 is 2.32 bits per heavy atom. The van der Waals surface area contributed by atoms with Gasteiger partial charge in [-0.25, -0.2) is 17.9 Å². The van der Waals surface area contributed by atoms with Gasteiger partial charge in [0.15, 0.2) is 0 Å². The van der Waals surface area contributed by atoms with Crippen molar-refractivity contribution in [1.29, 1.82) is 0 Å². The largest absolute Gasteiger partial charge is 0.460 e. The molecule has 0 saturated heterocycles. The molecule has 1 unspecified atom stereocenters. The maximum Gasteiger partial charge on any atom is 0.338 e. The average Bonchev–Trinajstić information content (AvgIpc) is 2.69. The van der Waals surface area contributed by atoms with E-state index >= 15 is 0 Å². The Bertz CT molecular complexity index is 833. The van der Waals surface area contributed by atoms with Crippen LogP contribution in [0.3, 0.4) is 0 Å². The number of sulfonamides is 1. The molecule has 0 aliphatic carbocycles. The highest BCUT2D eigenvalue weighted by Crippen LogP contribution is 2.14. The minimum Gasteiger partial charge on any atom is -0.460 e. The van der Waals surface area contributed by atoms with Crippen molar-refractivity contribution in [2.75, 3.05) is 6.61 Å². The lowest BCUT2D eigenvalue weighted by molar-refractivity contribution is 0.0469. The fourth-order valence-electron chi connectivity index (χ4n) is 2.83. The fraction of sp³-hybridized carbons (Fsp3) is 0.409. The first-order valence-electron chi connectivity index (χ1n) is 9.73. The van der Waals surface area contributed by atoms with Crippen molar-refractivity contribution in [3.05, 3.63) is 65.7 Å². The lowest BCUT2D eigenvalue weighted by atomic mass is 10.1. The molecule has 0 amide bonds. The second kappa shape index (κ2) is 11.0. The zero-order chi connectivity index (χ0) is 20.4. The van der Waals surface area contributed by atoms with E-state index in [1.807, 2.05) is 13.0 Å². The van der Waals surface area contributed by atoms with Crippen molar-refractivity contribution in [3.8, 4) is 0 Å². The second-order valence-electron chi connectivity index (χ2n) is 6.95. The van der Waals surface area contributed by atoms with Gasteiger partial charge in [0.25, 0.3) is 0 Å². The Labute approximate surface area is 168 Å². The first kappa shape index (κ1) is 22.1. The van der Waals surface area contributed by atoms with Crippen LogP contribution in [0.15, 0.2) is 59.5 Å². The second-order valence-corrected chi connectivity index (χ2v) is 8.66. The summed E-state index contributed by atoms with van der Waals surface area (Å²) in [5.41, 5.74) is 1.44. The molecule has 1 atom stereocenters. The molecule has 0 aliphatic heterocycles. The van der Waals surface area contributed by atoms with Crippen LogP contribution in [0.4, 0.5) is 0 Å². The van der Waals surface area contributed by atoms with E-state index in [1.165, 1.54) is 0 Å². The van der Waals surface area contributed by atoms with E-state index in [-0.39, 0.29) is 11.5 Å². The molecule has 0 aliphatic rings. The summed E-state index contributed by atoms with van der Waals surface area (Å²) in [6, 6.07) is 14.9. The van der Waals surface area contributed by atoms with E-state index in [9.17, 15) is 13.2 Å². The number of carbonyl (C=O) groups excluding carboxylic acids is 1. The number of hydrogen-bond donors (Lipinski definition) is 1. The molecule has 0 fully saturated rings. The monoisotopic (exact) mass is 403 g/mol. The van der Waals surface area contributed by atoms with Gasteiger partial charge in [0.2, 0.25) is 10.0 Å². The summed E-state index contributed by atoms with van der Waals surface area (Å²) in [6.07, 6.45) is 4.71. The first-order valence-corrected chi connectivity index (χ1v) is 11.2. The van der Waals surface area contributed by atoms with Crippen LogP contribution in [-0.4, -0.2) is 27.0 Å². The molecule has 152 valence electrons. The van der Waals surface area contributed by atoms with E-state index in [0.717, 1.165) is 31.2 Å². The van der Waals surface area contributed by atoms with Crippen LogP contribution >= 0.6 is 0 Å². The number of benzene rings is 2. The highest BCUT2D eigenvalue weighted by molar-refractivity contribution is 7.89. The molecule has 2 aromatic rings. The minimum absolute atomic E-state index is 0.00490. The zero-order valence-corrected chi connectivity index (χ0v) is 17.4. The van der Waals surface area contributed by atoms with Crippen LogP contribution in [0.2, 0.25) is 0 Å². The van der Waals surface area contributed by atoms with Crippen molar-refractivity contribution >= 4 is 16.0 Å². The molecular weight excluding hydrogens is 374 g/mol. The molecule has 0 saturated carbocycles. The maximum absolute atomic E-state index is 12.7. The van der Waals surface area contributed by atoms with Crippen LogP contribution in [0.1, 0.15) is 54.9 Å².